The zero-order valence-electron chi connectivity index (χ0n) is 22.5. The fraction of sp³-hybridized carbons (Fsp3) is 0.333. The number of alkyl halides is 3. The lowest BCUT2D eigenvalue weighted by molar-refractivity contribution is -0.274. The summed E-state index contributed by atoms with van der Waals surface area (Å²) in [5.74, 6) is 0.734. The second kappa shape index (κ2) is 10.5. The number of aliphatic imine (C=N–C) groups is 2. The molecule has 1 saturated carbocycles. The normalized spacial score (nSPS) is 25.9. The topological polar surface area (TPSA) is 61.8 Å². The van der Waals surface area contributed by atoms with Gasteiger partial charge in [-0.25, -0.2) is 9.98 Å². The van der Waals surface area contributed by atoms with E-state index >= 15 is 0 Å². The van der Waals surface area contributed by atoms with E-state index in [0.29, 0.717) is 17.4 Å². The summed E-state index contributed by atoms with van der Waals surface area (Å²) < 4.78 is 43.7. The minimum absolute atomic E-state index is 0.0847. The van der Waals surface area contributed by atoms with Gasteiger partial charge < -0.3 is 15.0 Å². The molecule has 2 N–H and O–H groups in total. The number of allylic oxidation sites excluding steroid dienone is 4. The molecule has 8 bridgehead atoms. The Morgan fingerprint density at radius 2 is 1.61 bits per heavy atom. The van der Waals surface area contributed by atoms with Crippen LogP contribution in [-0.4, -0.2) is 34.9 Å². The van der Waals surface area contributed by atoms with Crippen LogP contribution in [0.4, 0.5) is 13.2 Å². The lowest BCUT2D eigenvalue weighted by Gasteiger charge is -2.30. The van der Waals surface area contributed by atoms with Gasteiger partial charge in [0.05, 0.1) is 22.8 Å². The van der Waals surface area contributed by atoms with Crippen LogP contribution in [0.15, 0.2) is 88.2 Å². The van der Waals surface area contributed by atoms with Crippen molar-refractivity contribution in [1.82, 2.24) is 10.3 Å². The molecule has 2 aromatic rings. The van der Waals surface area contributed by atoms with Gasteiger partial charge in [-0.2, -0.15) is 0 Å². The molecule has 210 valence electrons. The fourth-order valence-corrected chi connectivity index (χ4v) is 6.93. The van der Waals surface area contributed by atoms with Crippen molar-refractivity contribution in [3.63, 3.8) is 0 Å². The first-order valence-electron chi connectivity index (χ1n) is 14.4. The monoisotopic (exact) mass is 556 g/mol. The van der Waals surface area contributed by atoms with Crippen LogP contribution < -0.4 is 20.8 Å². The molecule has 1 aromatic heterocycles. The molecule has 2 fully saturated rings. The van der Waals surface area contributed by atoms with Crippen molar-refractivity contribution in [2.45, 2.75) is 57.0 Å². The van der Waals surface area contributed by atoms with Crippen molar-refractivity contribution in [1.29, 1.82) is 0 Å². The minimum Gasteiger partial charge on any atom is -0.406 e. The van der Waals surface area contributed by atoms with Gasteiger partial charge in [-0.1, -0.05) is 44.2 Å². The van der Waals surface area contributed by atoms with E-state index in [9.17, 15) is 13.2 Å². The molecule has 0 spiro atoms. The average molecular weight is 557 g/mol. The maximum absolute atomic E-state index is 13.1. The van der Waals surface area contributed by atoms with Crippen LogP contribution >= 0.6 is 0 Å². The second-order valence-electron chi connectivity index (χ2n) is 11.4. The number of hydrogen-bond acceptors (Lipinski definition) is 4. The van der Waals surface area contributed by atoms with Gasteiger partial charge in [0.1, 0.15) is 5.75 Å². The van der Waals surface area contributed by atoms with Gasteiger partial charge in [0.2, 0.25) is 0 Å². The van der Waals surface area contributed by atoms with Gasteiger partial charge in [-0.15, -0.1) is 13.2 Å². The first-order valence-corrected chi connectivity index (χ1v) is 14.4. The molecular formula is C33H31F3N4O. The first kappa shape index (κ1) is 26.0. The number of fused-ring (bicyclic) bond motifs is 6. The predicted octanol–water partition coefficient (Wildman–Crippen LogP) is 5.73. The maximum atomic E-state index is 13.1. The van der Waals surface area contributed by atoms with E-state index in [1.807, 2.05) is 48.6 Å². The molecule has 4 aliphatic heterocycles. The molecule has 5 heterocycles. The molecule has 5 nitrogen and oxygen atoms in total. The largest absolute Gasteiger partial charge is 0.573 e. The standard InChI is InChI=1S/C33H31F3N4O/c34-33(35,36)41-27-8-4-7-21(15-27)32-29-14-13-25(39-29)17-24-10-9-22(37-24)16-23-11-12-26(38-23)18-30-28(19-31(32)40-30)20-5-2-1-3-6-20/h4,7-18,20,28,30-31,37,40H,1-3,5-6,19H2. The Labute approximate surface area is 236 Å². The van der Waals surface area contributed by atoms with E-state index in [1.54, 1.807) is 6.07 Å². The van der Waals surface area contributed by atoms with Crippen molar-refractivity contribution in [3.05, 3.63) is 94.4 Å². The number of aromatic nitrogens is 1. The number of halogens is 3. The molecule has 1 aromatic carbocycles. The highest BCUT2D eigenvalue weighted by molar-refractivity contribution is 6.20. The van der Waals surface area contributed by atoms with Gasteiger partial charge in [0.25, 0.3) is 0 Å². The van der Waals surface area contributed by atoms with Gasteiger partial charge in [0.15, 0.2) is 0 Å². The molecule has 41 heavy (non-hydrogen) atoms. The summed E-state index contributed by atoms with van der Waals surface area (Å²) in [4.78, 5) is 13.2. The fourth-order valence-electron chi connectivity index (χ4n) is 6.93. The number of nitrogens with zero attached hydrogens (tertiary/aromatic N) is 2. The maximum Gasteiger partial charge on any atom is 0.573 e. The van der Waals surface area contributed by atoms with E-state index in [4.69, 9.17) is 9.98 Å². The highest BCUT2D eigenvalue weighted by atomic mass is 19.4. The molecule has 5 aliphatic rings. The number of benzene rings is 1. The first-order chi connectivity index (χ1) is 19.9. The minimum atomic E-state index is -4.76. The Bertz CT molecular complexity index is 1660. The Morgan fingerprint density at radius 1 is 0.854 bits per heavy atom. The van der Waals surface area contributed by atoms with Crippen LogP contribution in [0.1, 0.15) is 44.1 Å². The average Bonchev–Trinajstić information content (AvgIpc) is 3.74. The third-order valence-electron chi connectivity index (χ3n) is 8.65. The smallest absolute Gasteiger partial charge is 0.406 e. The Balaban J connectivity index is 1.38. The van der Waals surface area contributed by atoms with Crippen LogP contribution in [0.3, 0.4) is 0 Å². The van der Waals surface area contributed by atoms with Gasteiger partial charge >= 0.3 is 6.36 Å². The van der Waals surface area contributed by atoms with Crippen molar-refractivity contribution >= 4 is 29.1 Å². The summed E-state index contributed by atoms with van der Waals surface area (Å²) >= 11 is 0. The zero-order chi connectivity index (χ0) is 28.0. The molecule has 7 rings (SSSR count). The zero-order valence-corrected chi connectivity index (χ0v) is 22.5. The number of H-pyrrole nitrogens is 1. The summed E-state index contributed by atoms with van der Waals surface area (Å²) in [6, 6.07) is 10.3. The highest BCUT2D eigenvalue weighted by Gasteiger charge is 2.40. The van der Waals surface area contributed by atoms with E-state index in [2.05, 4.69) is 27.2 Å². The Hall–Kier alpha value is -3.91. The SMILES string of the molecule is FC(F)(F)Oc1cccc(C2=C3C=CC(=N3)C=c3ccc([nH]3)=CC3=NC(=CC4NC2CC4C2CCCCC2)C=C3)c1. The van der Waals surface area contributed by atoms with Crippen molar-refractivity contribution in [2.24, 2.45) is 21.8 Å². The molecule has 8 heteroatoms. The Kier molecular flexibility index (Phi) is 6.66. The molecule has 1 aliphatic carbocycles. The van der Waals surface area contributed by atoms with Crippen molar-refractivity contribution in [2.75, 3.05) is 0 Å². The van der Waals surface area contributed by atoms with Crippen molar-refractivity contribution < 1.29 is 17.9 Å². The number of hydrogen-bond donors (Lipinski definition) is 2. The van der Waals surface area contributed by atoms with Crippen LogP contribution in [-0.2, 0) is 0 Å². The lowest BCUT2D eigenvalue weighted by Crippen LogP contribution is -2.33. The van der Waals surface area contributed by atoms with Gasteiger partial charge in [-0.3, -0.25) is 0 Å². The van der Waals surface area contributed by atoms with Crippen LogP contribution in [0.25, 0.3) is 17.7 Å². The highest BCUT2D eigenvalue weighted by Crippen LogP contribution is 2.43. The number of rotatable bonds is 3. The quantitative estimate of drug-likeness (QED) is 0.507. The molecule has 0 radical (unpaired) electrons. The van der Waals surface area contributed by atoms with E-state index in [-0.39, 0.29) is 17.8 Å². The number of nitrogens with one attached hydrogen (secondary N) is 2. The molecule has 1 saturated heterocycles. The summed E-state index contributed by atoms with van der Waals surface area (Å²) in [6.45, 7) is 0. The second-order valence-corrected chi connectivity index (χ2v) is 11.4. The van der Waals surface area contributed by atoms with E-state index in [0.717, 1.165) is 45.5 Å². The summed E-state index contributed by atoms with van der Waals surface area (Å²) in [7, 11) is 0. The van der Waals surface area contributed by atoms with E-state index in [1.165, 1.54) is 44.2 Å². The lowest BCUT2D eigenvalue weighted by atomic mass is 9.75. The molecule has 0 amide bonds. The molecular weight excluding hydrogens is 525 g/mol. The van der Waals surface area contributed by atoms with Gasteiger partial charge in [0, 0.05) is 28.4 Å². The number of aromatic amines is 1. The third-order valence-corrected chi connectivity index (χ3v) is 8.65. The summed E-state index contributed by atoms with van der Waals surface area (Å²) in [5.41, 5.74) is 4.90. The van der Waals surface area contributed by atoms with Crippen LogP contribution in [0, 0.1) is 11.8 Å². The molecule has 3 atom stereocenters. The predicted molar refractivity (Wildman–Crippen MR) is 156 cm³/mol. The molecule has 3 unspecified atom stereocenters. The van der Waals surface area contributed by atoms with E-state index < -0.39 is 6.36 Å². The summed E-state index contributed by atoms with van der Waals surface area (Å²) in [5, 5.41) is 5.73. The van der Waals surface area contributed by atoms with Crippen LogP contribution in [0.5, 0.6) is 5.75 Å². The third kappa shape index (κ3) is 5.66. The van der Waals surface area contributed by atoms with Crippen molar-refractivity contribution in [3.8, 4) is 5.75 Å². The summed E-state index contributed by atoms with van der Waals surface area (Å²) in [6.07, 6.45) is 16.5. The van der Waals surface area contributed by atoms with Crippen LogP contribution in [0.2, 0.25) is 0 Å². The Morgan fingerprint density at radius 3 is 2.39 bits per heavy atom. The number of ether oxygens (including phenoxy) is 1. The van der Waals surface area contributed by atoms with Gasteiger partial charge in [-0.05, 0) is 90.6 Å².